The quantitative estimate of drug-likeness (QED) is 0.815. The van der Waals surface area contributed by atoms with Crippen LogP contribution in [0.4, 0.5) is 4.39 Å². The van der Waals surface area contributed by atoms with Gasteiger partial charge in [0.25, 0.3) is 0 Å². The molecule has 0 atom stereocenters. The molecular formula is C13H20ClFN2. The summed E-state index contributed by atoms with van der Waals surface area (Å²) in [6, 6.07) is 4.48. The number of benzene rings is 1. The van der Waals surface area contributed by atoms with E-state index in [0.717, 1.165) is 31.5 Å². The van der Waals surface area contributed by atoms with Crippen molar-refractivity contribution in [1.29, 1.82) is 0 Å². The summed E-state index contributed by atoms with van der Waals surface area (Å²) in [5.74, 6) is -0.243. The van der Waals surface area contributed by atoms with E-state index in [9.17, 15) is 4.39 Å². The van der Waals surface area contributed by atoms with E-state index >= 15 is 0 Å². The summed E-state index contributed by atoms with van der Waals surface area (Å²) < 4.78 is 13.1. The van der Waals surface area contributed by atoms with Crippen LogP contribution in [0.25, 0.3) is 0 Å². The molecule has 0 bridgehead atoms. The first-order valence-corrected chi connectivity index (χ1v) is 6.41. The van der Waals surface area contributed by atoms with Crippen LogP contribution in [0.5, 0.6) is 0 Å². The van der Waals surface area contributed by atoms with Crippen molar-refractivity contribution in [3.05, 3.63) is 34.6 Å². The lowest BCUT2D eigenvalue weighted by Crippen LogP contribution is -2.30. The highest BCUT2D eigenvalue weighted by Gasteiger charge is 2.08. The first-order valence-electron chi connectivity index (χ1n) is 6.03. The van der Waals surface area contributed by atoms with Crippen LogP contribution < -0.4 is 5.73 Å². The standard InChI is InChI=1S/C13H20ClFN2/c1-2-3-7-17(8-6-16)10-11-9-12(15)4-5-13(11)14/h4-5,9H,2-3,6-8,10,16H2,1H3. The maximum Gasteiger partial charge on any atom is 0.123 e. The lowest BCUT2D eigenvalue weighted by atomic mass is 10.2. The van der Waals surface area contributed by atoms with Gasteiger partial charge in [0.2, 0.25) is 0 Å². The minimum absolute atomic E-state index is 0.243. The molecule has 1 aromatic rings. The van der Waals surface area contributed by atoms with Gasteiger partial charge in [0.1, 0.15) is 5.82 Å². The van der Waals surface area contributed by atoms with Crippen molar-refractivity contribution in [1.82, 2.24) is 4.90 Å². The molecule has 2 nitrogen and oxygen atoms in total. The lowest BCUT2D eigenvalue weighted by Gasteiger charge is -2.21. The van der Waals surface area contributed by atoms with Crippen molar-refractivity contribution >= 4 is 11.6 Å². The molecule has 96 valence electrons. The van der Waals surface area contributed by atoms with Crippen molar-refractivity contribution in [2.75, 3.05) is 19.6 Å². The molecule has 1 rings (SSSR count). The summed E-state index contributed by atoms with van der Waals surface area (Å²) >= 11 is 6.05. The molecular weight excluding hydrogens is 239 g/mol. The summed E-state index contributed by atoms with van der Waals surface area (Å²) in [6.45, 7) is 5.20. The van der Waals surface area contributed by atoms with Gasteiger partial charge in [0.05, 0.1) is 0 Å². The minimum Gasteiger partial charge on any atom is -0.329 e. The van der Waals surface area contributed by atoms with E-state index in [0.29, 0.717) is 18.1 Å². The summed E-state index contributed by atoms with van der Waals surface area (Å²) in [5, 5.41) is 0.616. The molecule has 0 aliphatic rings. The second-order valence-corrected chi connectivity index (χ2v) is 4.56. The molecule has 0 aliphatic heterocycles. The Kier molecular flexibility index (Phi) is 6.48. The third-order valence-corrected chi connectivity index (χ3v) is 3.04. The summed E-state index contributed by atoms with van der Waals surface area (Å²) in [4.78, 5) is 2.21. The number of unbranched alkanes of at least 4 members (excludes halogenated alkanes) is 1. The van der Waals surface area contributed by atoms with Gasteiger partial charge in [-0.1, -0.05) is 24.9 Å². The summed E-state index contributed by atoms with van der Waals surface area (Å²) in [5.41, 5.74) is 6.40. The number of halogens is 2. The van der Waals surface area contributed by atoms with Crippen molar-refractivity contribution in [2.45, 2.75) is 26.3 Å². The predicted octanol–water partition coefficient (Wildman–Crippen LogP) is 3.04. The fourth-order valence-corrected chi connectivity index (χ4v) is 1.92. The third kappa shape index (κ3) is 5.02. The molecule has 0 radical (unpaired) electrons. The number of hydrogen-bond acceptors (Lipinski definition) is 2. The van der Waals surface area contributed by atoms with Crippen molar-refractivity contribution in [3.8, 4) is 0 Å². The Morgan fingerprint density at radius 2 is 2.12 bits per heavy atom. The van der Waals surface area contributed by atoms with Gasteiger partial charge in [-0.3, -0.25) is 4.90 Å². The van der Waals surface area contributed by atoms with Gasteiger partial charge in [0.15, 0.2) is 0 Å². The molecule has 0 amide bonds. The van der Waals surface area contributed by atoms with Gasteiger partial charge in [0, 0.05) is 24.7 Å². The second kappa shape index (κ2) is 7.64. The van der Waals surface area contributed by atoms with E-state index in [1.807, 2.05) is 0 Å². The average Bonchev–Trinajstić information content (AvgIpc) is 2.31. The van der Waals surface area contributed by atoms with Crippen LogP contribution >= 0.6 is 11.6 Å². The highest BCUT2D eigenvalue weighted by Crippen LogP contribution is 2.19. The predicted molar refractivity (Wildman–Crippen MR) is 70.6 cm³/mol. The maximum absolute atomic E-state index is 13.1. The van der Waals surface area contributed by atoms with Crippen LogP contribution in [-0.2, 0) is 6.54 Å². The lowest BCUT2D eigenvalue weighted by molar-refractivity contribution is 0.268. The van der Waals surface area contributed by atoms with Crippen LogP contribution in [0.3, 0.4) is 0 Å². The molecule has 1 aromatic carbocycles. The van der Waals surface area contributed by atoms with E-state index in [1.54, 1.807) is 6.07 Å². The Morgan fingerprint density at radius 1 is 1.35 bits per heavy atom. The maximum atomic E-state index is 13.1. The molecule has 0 aromatic heterocycles. The zero-order chi connectivity index (χ0) is 12.7. The Morgan fingerprint density at radius 3 is 2.76 bits per heavy atom. The normalized spacial score (nSPS) is 11.1. The molecule has 0 unspecified atom stereocenters. The highest BCUT2D eigenvalue weighted by atomic mass is 35.5. The van der Waals surface area contributed by atoms with Crippen molar-refractivity contribution < 1.29 is 4.39 Å². The largest absolute Gasteiger partial charge is 0.329 e. The first kappa shape index (κ1) is 14.4. The average molecular weight is 259 g/mol. The monoisotopic (exact) mass is 258 g/mol. The van der Waals surface area contributed by atoms with Crippen LogP contribution in [0, 0.1) is 5.82 Å². The summed E-state index contributed by atoms with van der Waals surface area (Å²) in [6.07, 6.45) is 2.25. The van der Waals surface area contributed by atoms with Gasteiger partial charge in [-0.2, -0.15) is 0 Å². The summed E-state index contributed by atoms with van der Waals surface area (Å²) in [7, 11) is 0. The van der Waals surface area contributed by atoms with Crippen molar-refractivity contribution in [3.63, 3.8) is 0 Å². The second-order valence-electron chi connectivity index (χ2n) is 4.15. The van der Waals surface area contributed by atoms with Gasteiger partial charge in [-0.05, 0) is 36.7 Å². The smallest absolute Gasteiger partial charge is 0.123 e. The number of rotatable bonds is 7. The Hall–Kier alpha value is -0.640. The number of nitrogens with two attached hydrogens (primary N) is 1. The number of hydrogen-bond donors (Lipinski definition) is 1. The fourth-order valence-electron chi connectivity index (χ4n) is 1.74. The van der Waals surface area contributed by atoms with Crippen LogP contribution in [-0.4, -0.2) is 24.5 Å². The minimum atomic E-state index is -0.243. The Bertz CT molecular complexity index is 344. The molecule has 2 N–H and O–H groups in total. The molecule has 0 fully saturated rings. The zero-order valence-corrected chi connectivity index (χ0v) is 11.0. The Balaban J connectivity index is 2.67. The Labute approximate surface area is 108 Å². The van der Waals surface area contributed by atoms with E-state index in [-0.39, 0.29) is 5.82 Å². The van der Waals surface area contributed by atoms with Crippen LogP contribution in [0.2, 0.25) is 5.02 Å². The van der Waals surface area contributed by atoms with Crippen molar-refractivity contribution in [2.24, 2.45) is 5.73 Å². The zero-order valence-electron chi connectivity index (χ0n) is 10.3. The molecule has 17 heavy (non-hydrogen) atoms. The van der Waals surface area contributed by atoms with Gasteiger partial charge in [-0.25, -0.2) is 4.39 Å². The SMILES string of the molecule is CCCCN(CCN)Cc1cc(F)ccc1Cl. The molecule has 0 saturated carbocycles. The highest BCUT2D eigenvalue weighted by molar-refractivity contribution is 6.31. The molecule has 0 spiro atoms. The fraction of sp³-hybridized carbons (Fsp3) is 0.538. The van der Waals surface area contributed by atoms with Crippen LogP contribution in [0.1, 0.15) is 25.3 Å². The van der Waals surface area contributed by atoms with Gasteiger partial charge >= 0.3 is 0 Å². The molecule has 0 aliphatic carbocycles. The van der Waals surface area contributed by atoms with E-state index in [1.165, 1.54) is 12.1 Å². The molecule has 0 heterocycles. The third-order valence-electron chi connectivity index (χ3n) is 2.67. The number of nitrogens with zero attached hydrogens (tertiary/aromatic N) is 1. The topological polar surface area (TPSA) is 29.3 Å². The molecule has 4 heteroatoms. The molecule has 0 saturated heterocycles. The van der Waals surface area contributed by atoms with E-state index in [4.69, 9.17) is 17.3 Å². The van der Waals surface area contributed by atoms with E-state index in [2.05, 4.69) is 11.8 Å². The first-order chi connectivity index (χ1) is 8.17. The van der Waals surface area contributed by atoms with E-state index < -0.39 is 0 Å². The van der Waals surface area contributed by atoms with Crippen LogP contribution in [0.15, 0.2) is 18.2 Å². The van der Waals surface area contributed by atoms with Gasteiger partial charge in [-0.15, -0.1) is 0 Å². The van der Waals surface area contributed by atoms with Gasteiger partial charge < -0.3 is 5.73 Å².